The highest BCUT2D eigenvalue weighted by Gasteiger charge is 2.49. The van der Waals surface area contributed by atoms with Crippen molar-refractivity contribution >= 4 is 13.8 Å². The first-order valence-corrected chi connectivity index (χ1v) is 8.65. The first kappa shape index (κ1) is 18.9. The van der Waals surface area contributed by atoms with Crippen LogP contribution in [0.4, 0.5) is 0 Å². The van der Waals surface area contributed by atoms with Crippen LogP contribution in [-0.2, 0) is 18.6 Å². The zero-order valence-electron chi connectivity index (χ0n) is 12.8. The Morgan fingerprint density at radius 1 is 1.38 bits per heavy atom. The highest BCUT2D eigenvalue weighted by molar-refractivity contribution is 7.46. The van der Waals surface area contributed by atoms with Gasteiger partial charge in [-0.05, 0) is 13.0 Å². The molecule has 4 N–H and O–H groups in total. The molecule has 0 amide bonds. The number of phosphoric ester groups is 1. The van der Waals surface area contributed by atoms with Gasteiger partial charge < -0.3 is 29.5 Å². The molecule has 1 aromatic rings. The molecule has 2 rings (SSSR count). The second-order valence-corrected chi connectivity index (χ2v) is 6.33. The van der Waals surface area contributed by atoms with Crippen molar-refractivity contribution < 1.29 is 47.9 Å². The van der Waals surface area contributed by atoms with Crippen molar-refractivity contribution in [1.29, 1.82) is 0 Å². The molecule has 10 nitrogen and oxygen atoms in total. The third-order valence-corrected chi connectivity index (χ3v) is 3.86. The molecule has 1 unspecified atom stereocenters. The maximum absolute atomic E-state index is 11.7. The lowest BCUT2D eigenvalue weighted by molar-refractivity contribution is -0.765. The average Bonchev–Trinajstić information content (AvgIpc) is 2.81. The standard InChI is InChI=1S/C13H18NO9P/c1-2-21-13(17)8-4-3-5-14(6-8)12-11(16)10(15)9(23-12)7-22-24(18,19)20/h3-6,9-12,15-16H,2,7H2,1H3,(H-,18,19,20)/p+1/t9-,10+,11?,12-/m1/s1. The molecular formula is C13H19NO9P+. The Labute approximate surface area is 137 Å². The second kappa shape index (κ2) is 7.66. The maximum Gasteiger partial charge on any atom is 0.469 e. The van der Waals surface area contributed by atoms with Gasteiger partial charge in [0.2, 0.25) is 0 Å². The number of esters is 1. The lowest BCUT2D eigenvalue weighted by atomic mass is 10.1. The van der Waals surface area contributed by atoms with Gasteiger partial charge in [0.1, 0.15) is 17.8 Å². The Bertz CT molecular complexity index is 634. The minimum atomic E-state index is -4.73. The molecule has 0 spiro atoms. The number of hydrogen-bond donors (Lipinski definition) is 4. The molecule has 0 aliphatic carbocycles. The van der Waals surface area contributed by atoms with Crippen LogP contribution in [0.25, 0.3) is 0 Å². The van der Waals surface area contributed by atoms with Gasteiger partial charge in [-0.2, -0.15) is 4.57 Å². The van der Waals surface area contributed by atoms with Crippen LogP contribution in [0.3, 0.4) is 0 Å². The summed E-state index contributed by atoms with van der Waals surface area (Å²) in [6.07, 6.45) is -2.10. The number of pyridine rings is 1. The minimum absolute atomic E-state index is 0.205. The molecule has 1 aliphatic heterocycles. The lowest BCUT2D eigenvalue weighted by Crippen LogP contribution is -2.46. The Hall–Kier alpha value is -1.39. The predicted molar refractivity (Wildman–Crippen MR) is 76.5 cm³/mol. The highest BCUT2D eigenvalue weighted by Crippen LogP contribution is 2.37. The van der Waals surface area contributed by atoms with Gasteiger partial charge in [0.25, 0.3) is 6.23 Å². The van der Waals surface area contributed by atoms with E-state index >= 15 is 0 Å². The number of nitrogens with zero attached hydrogens (tertiary/aromatic N) is 1. The van der Waals surface area contributed by atoms with E-state index in [2.05, 4.69) is 4.52 Å². The molecule has 11 heteroatoms. The largest absolute Gasteiger partial charge is 0.469 e. The fourth-order valence-electron chi connectivity index (χ4n) is 2.27. The highest BCUT2D eigenvalue weighted by atomic mass is 31.2. The van der Waals surface area contributed by atoms with Crippen LogP contribution in [0.2, 0.25) is 0 Å². The Balaban J connectivity index is 2.13. The van der Waals surface area contributed by atoms with Crippen molar-refractivity contribution in [3.63, 3.8) is 0 Å². The molecule has 1 saturated heterocycles. The third-order valence-electron chi connectivity index (χ3n) is 3.37. The summed E-state index contributed by atoms with van der Waals surface area (Å²) in [5.74, 6) is -0.554. The predicted octanol–water partition coefficient (Wildman–Crippen LogP) is -1.12. The van der Waals surface area contributed by atoms with Crippen LogP contribution in [-0.4, -0.2) is 57.5 Å². The number of aliphatic hydroxyl groups is 2. The summed E-state index contributed by atoms with van der Waals surface area (Å²) < 4.78 is 26.7. The van der Waals surface area contributed by atoms with Gasteiger partial charge in [-0.3, -0.25) is 4.52 Å². The molecule has 0 radical (unpaired) electrons. The first-order valence-electron chi connectivity index (χ1n) is 7.12. The SMILES string of the molecule is CCOC(=O)c1ccc[n+]([C@@H]2O[C@H](COP(=O)(O)O)[C@H](O)C2O)c1. The Kier molecular flexibility index (Phi) is 6.05. The van der Waals surface area contributed by atoms with Crippen LogP contribution in [0.1, 0.15) is 23.5 Å². The number of phosphoric acid groups is 1. The van der Waals surface area contributed by atoms with Crippen molar-refractivity contribution in [2.24, 2.45) is 0 Å². The van der Waals surface area contributed by atoms with E-state index in [1.807, 2.05) is 0 Å². The summed E-state index contributed by atoms with van der Waals surface area (Å²) in [6, 6.07) is 3.05. The van der Waals surface area contributed by atoms with Gasteiger partial charge in [0.05, 0.1) is 13.2 Å². The number of aromatic nitrogens is 1. The van der Waals surface area contributed by atoms with E-state index in [0.29, 0.717) is 0 Å². The third kappa shape index (κ3) is 4.58. The minimum Gasteiger partial charge on any atom is -0.462 e. The van der Waals surface area contributed by atoms with Gasteiger partial charge >= 0.3 is 13.8 Å². The van der Waals surface area contributed by atoms with E-state index < -0.39 is 44.9 Å². The van der Waals surface area contributed by atoms with Crippen molar-refractivity contribution in [3.8, 4) is 0 Å². The fourth-order valence-corrected chi connectivity index (χ4v) is 2.61. The fraction of sp³-hybridized carbons (Fsp3) is 0.538. The molecule has 134 valence electrons. The van der Waals surface area contributed by atoms with Gasteiger partial charge in [-0.15, -0.1) is 0 Å². The Morgan fingerprint density at radius 2 is 2.08 bits per heavy atom. The van der Waals surface area contributed by atoms with Gasteiger partial charge in [0.15, 0.2) is 18.5 Å². The van der Waals surface area contributed by atoms with Crippen molar-refractivity contribution in [2.45, 2.75) is 31.5 Å². The second-order valence-electron chi connectivity index (χ2n) is 5.09. The number of carbonyl (C=O) groups excluding carboxylic acids is 1. The van der Waals surface area contributed by atoms with E-state index in [1.165, 1.54) is 29.1 Å². The summed E-state index contributed by atoms with van der Waals surface area (Å²) in [7, 11) is -4.73. The molecule has 2 heterocycles. The van der Waals surface area contributed by atoms with Crippen LogP contribution >= 0.6 is 7.82 Å². The molecule has 24 heavy (non-hydrogen) atoms. The van der Waals surface area contributed by atoms with E-state index in [0.717, 1.165) is 0 Å². The molecule has 4 atom stereocenters. The monoisotopic (exact) mass is 364 g/mol. The molecule has 1 aliphatic rings. The average molecular weight is 364 g/mol. The summed E-state index contributed by atoms with van der Waals surface area (Å²) in [5, 5.41) is 20.0. The van der Waals surface area contributed by atoms with E-state index in [-0.39, 0.29) is 12.2 Å². The van der Waals surface area contributed by atoms with E-state index in [1.54, 1.807) is 6.92 Å². The van der Waals surface area contributed by atoms with Crippen LogP contribution in [0.5, 0.6) is 0 Å². The Morgan fingerprint density at radius 3 is 2.71 bits per heavy atom. The van der Waals surface area contributed by atoms with Crippen LogP contribution < -0.4 is 4.57 Å². The van der Waals surface area contributed by atoms with Gasteiger partial charge in [-0.1, -0.05) is 0 Å². The molecule has 1 fully saturated rings. The number of rotatable bonds is 6. The lowest BCUT2D eigenvalue weighted by Gasteiger charge is -2.13. The number of carbonyl (C=O) groups is 1. The van der Waals surface area contributed by atoms with Crippen LogP contribution in [0.15, 0.2) is 24.5 Å². The smallest absolute Gasteiger partial charge is 0.462 e. The maximum atomic E-state index is 11.7. The number of aliphatic hydroxyl groups excluding tert-OH is 2. The van der Waals surface area contributed by atoms with Crippen molar-refractivity contribution in [1.82, 2.24) is 0 Å². The summed E-state index contributed by atoms with van der Waals surface area (Å²) in [4.78, 5) is 29.1. The van der Waals surface area contributed by atoms with Gasteiger partial charge in [-0.25, -0.2) is 9.36 Å². The molecule has 0 aromatic carbocycles. The van der Waals surface area contributed by atoms with Crippen LogP contribution in [0, 0.1) is 0 Å². The topological polar surface area (TPSA) is 147 Å². The summed E-state index contributed by atoms with van der Waals surface area (Å²) >= 11 is 0. The zero-order valence-corrected chi connectivity index (χ0v) is 13.7. The molecule has 0 bridgehead atoms. The normalized spacial score (nSPS) is 27.2. The van der Waals surface area contributed by atoms with E-state index in [9.17, 15) is 19.6 Å². The number of hydrogen-bond acceptors (Lipinski definition) is 7. The zero-order chi connectivity index (χ0) is 17.9. The molecule has 0 saturated carbocycles. The molecule has 1 aromatic heterocycles. The van der Waals surface area contributed by atoms with E-state index in [4.69, 9.17) is 19.3 Å². The van der Waals surface area contributed by atoms with Crippen molar-refractivity contribution in [3.05, 3.63) is 30.1 Å². The van der Waals surface area contributed by atoms with Gasteiger partial charge in [0, 0.05) is 6.07 Å². The van der Waals surface area contributed by atoms with Crippen molar-refractivity contribution in [2.75, 3.05) is 13.2 Å². The molecular weight excluding hydrogens is 345 g/mol. The quantitative estimate of drug-likeness (QED) is 0.280. The first-order chi connectivity index (χ1) is 11.2. The summed E-state index contributed by atoms with van der Waals surface area (Å²) in [6.45, 7) is 1.27. The summed E-state index contributed by atoms with van der Waals surface area (Å²) in [5.41, 5.74) is 0.222. The number of ether oxygens (including phenoxy) is 2.